The van der Waals surface area contributed by atoms with E-state index in [0.717, 1.165) is 32.6 Å². The Hall–Kier alpha value is -0.420. The highest BCUT2D eigenvalue weighted by atomic mass is 79.9. The molecule has 1 fully saturated rings. The second-order valence-electron chi connectivity index (χ2n) is 5.94. The Morgan fingerprint density at radius 1 is 1.29 bits per heavy atom. The summed E-state index contributed by atoms with van der Waals surface area (Å²) in [5, 5.41) is 3.61. The highest BCUT2D eigenvalue weighted by molar-refractivity contribution is 9.10. The van der Waals surface area contributed by atoms with Gasteiger partial charge in [-0.05, 0) is 38.4 Å². The molecule has 1 unspecified atom stereocenters. The van der Waals surface area contributed by atoms with Crippen molar-refractivity contribution in [1.82, 2.24) is 10.2 Å². The molecule has 2 rings (SSSR count). The van der Waals surface area contributed by atoms with Crippen LogP contribution in [0.25, 0.3) is 0 Å². The molecule has 3 atom stereocenters. The molecule has 1 aromatic rings. The molecular formula is C17H27BrN2O. The van der Waals surface area contributed by atoms with Gasteiger partial charge in [0.05, 0.1) is 12.2 Å². The summed E-state index contributed by atoms with van der Waals surface area (Å²) in [6.45, 7) is 10.7. The molecule has 1 N–H and O–H groups in total. The molecule has 0 radical (unpaired) electrons. The standard InChI is InChI=1S/C17H27BrN2O/c1-4-19-17(15-7-5-6-8-16(15)18)9-10-20-11-13(2)21-14(3)12-20/h5-8,13-14,17,19H,4,9-12H2,1-3H3/t13-,14+,17?. The zero-order valence-electron chi connectivity index (χ0n) is 13.3. The highest BCUT2D eigenvalue weighted by Crippen LogP contribution is 2.26. The van der Waals surface area contributed by atoms with Gasteiger partial charge in [0.1, 0.15) is 0 Å². The van der Waals surface area contributed by atoms with E-state index in [1.807, 2.05) is 0 Å². The fourth-order valence-electron chi connectivity index (χ4n) is 3.15. The minimum absolute atomic E-state index is 0.342. The Bertz CT molecular complexity index is 431. The molecule has 0 aromatic heterocycles. The molecule has 4 heteroatoms. The van der Waals surface area contributed by atoms with Crippen LogP contribution in [-0.4, -0.2) is 43.3 Å². The van der Waals surface area contributed by atoms with E-state index in [1.165, 1.54) is 10.0 Å². The fourth-order valence-corrected chi connectivity index (χ4v) is 3.71. The van der Waals surface area contributed by atoms with Gasteiger partial charge in [-0.25, -0.2) is 0 Å². The van der Waals surface area contributed by atoms with Crippen molar-refractivity contribution in [2.24, 2.45) is 0 Å². The van der Waals surface area contributed by atoms with E-state index in [1.54, 1.807) is 0 Å². The van der Waals surface area contributed by atoms with Gasteiger partial charge in [0.2, 0.25) is 0 Å². The van der Waals surface area contributed by atoms with Crippen LogP contribution in [0.2, 0.25) is 0 Å². The molecule has 1 heterocycles. The monoisotopic (exact) mass is 354 g/mol. The lowest BCUT2D eigenvalue weighted by Gasteiger charge is -2.36. The first-order valence-corrected chi connectivity index (χ1v) is 8.75. The van der Waals surface area contributed by atoms with E-state index in [2.05, 4.69) is 71.2 Å². The first-order chi connectivity index (χ1) is 10.1. The van der Waals surface area contributed by atoms with Gasteiger partial charge in [0, 0.05) is 30.1 Å². The minimum Gasteiger partial charge on any atom is -0.373 e. The average Bonchev–Trinajstić information content (AvgIpc) is 2.43. The van der Waals surface area contributed by atoms with Crippen LogP contribution in [0.4, 0.5) is 0 Å². The quantitative estimate of drug-likeness (QED) is 0.844. The van der Waals surface area contributed by atoms with Gasteiger partial charge in [-0.1, -0.05) is 41.1 Å². The Balaban J connectivity index is 1.96. The summed E-state index contributed by atoms with van der Waals surface area (Å²) in [6.07, 6.45) is 1.81. The predicted molar refractivity (Wildman–Crippen MR) is 91.6 cm³/mol. The van der Waals surface area contributed by atoms with Crippen molar-refractivity contribution in [2.45, 2.75) is 45.4 Å². The van der Waals surface area contributed by atoms with E-state index < -0.39 is 0 Å². The normalized spacial score (nSPS) is 25.0. The molecule has 0 bridgehead atoms. The molecule has 1 aromatic carbocycles. The third-order valence-corrected chi connectivity index (χ3v) is 4.68. The van der Waals surface area contributed by atoms with Crippen LogP contribution in [0.1, 0.15) is 38.8 Å². The van der Waals surface area contributed by atoms with E-state index in [9.17, 15) is 0 Å². The van der Waals surface area contributed by atoms with Crippen LogP contribution in [0.3, 0.4) is 0 Å². The highest BCUT2D eigenvalue weighted by Gasteiger charge is 2.23. The van der Waals surface area contributed by atoms with Gasteiger partial charge in [0.25, 0.3) is 0 Å². The summed E-state index contributed by atoms with van der Waals surface area (Å²) >= 11 is 3.68. The number of hydrogen-bond acceptors (Lipinski definition) is 3. The minimum atomic E-state index is 0.342. The van der Waals surface area contributed by atoms with Crippen LogP contribution >= 0.6 is 15.9 Å². The van der Waals surface area contributed by atoms with Crippen LogP contribution in [-0.2, 0) is 4.74 Å². The van der Waals surface area contributed by atoms with Crippen LogP contribution < -0.4 is 5.32 Å². The zero-order valence-corrected chi connectivity index (χ0v) is 14.9. The SMILES string of the molecule is CCNC(CCN1C[C@@H](C)O[C@@H](C)C1)c1ccccc1Br. The number of hydrogen-bond donors (Lipinski definition) is 1. The summed E-state index contributed by atoms with van der Waals surface area (Å²) in [6, 6.07) is 8.92. The van der Waals surface area contributed by atoms with E-state index in [0.29, 0.717) is 18.2 Å². The lowest BCUT2D eigenvalue weighted by molar-refractivity contribution is -0.0686. The zero-order chi connectivity index (χ0) is 15.2. The lowest BCUT2D eigenvalue weighted by atomic mass is 10.0. The van der Waals surface area contributed by atoms with Gasteiger partial charge < -0.3 is 10.1 Å². The lowest BCUT2D eigenvalue weighted by Crippen LogP contribution is -2.46. The van der Waals surface area contributed by atoms with Gasteiger partial charge in [-0.2, -0.15) is 0 Å². The fraction of sp³-hybridized carbons (Fsp3) is 0.647. The second kappa shape index (κ2) is 8.28. The Labute approximate surface area is 137 Å². The van der Waals surface area contributed by atoms with Crippen LogP contribution in [0, 0.1) is 0 Å². The van der Waals surface area contributed by atoms with Crippen molar-refractivity contribution in [1.29, 1.82) is 0 Å². The van der Waals surface area contributed by atoms with Crippen molar-refractivity contribution in [3.8, 4) is 0 Å². The Morgan fingerprint density at radius 3 is 2.57 bits per heavy atom. The van der Waals surface area contributed by atoms with E-state index in [-0.39, 0.29) is 0 Å². The molecule has 21 heavy (non-hydrogen) atoms. The number of halogens is 1. The molecule has 3 nitrogen and oxygen atoms in total. The summed E-state index contributed by atoms with van der Waals surface area (Å²) in [4.78, 5) is 2.53. The number of benzene rings is 1. The van der Waals surface area contributed by atoms with Crippen molar-refractivity contribution in [3.05, 3.63) is 34.3 Å². The Morgan fingerprint density at radius 2 is 1.95 bits per heavy atom. The third kappa shape index (κ3) is 5.06. The van der Waals surface area contributed by atoms with Gasteiger partial charge in [-0.15, -0.1) is 0 Å². The van der Waals surface area contributed by atoms with Crippen molar-refractivity contribution < 1.29 is 4.74 Å². The number of nitrogens with zero attached hydrogens (tertiary/aromatic N) is 1. The maximum atomic E-state index is 5.81. The van der Waals surface area contributed by atoms with Gasteiger partial charge >= 0.3 is 0 Å². The molecular weight excluding hydrogens is 328 g/mol. The van der Waals surface area contributed by atoms with E-state index in [4.69, 9.17) is 4.74 Å². The topological polar surface area (TPSA) is 24.5 Å². The van der Waals surface area contributed by atoms with E-state index >= 15 is 0 Å². The number of ether oxygens (including phenoxy) is 1. The predicted octanol–water partition coefficient (Wildman–Crippen LogP) is 3.60. The smallest absolute Gasteiger partial charge is 0.0678 e. The summed E-state index contributed by atoms with van der Waals surface area (Å²) < 4.78 is 7.00. The molecule has 1 saturated heterocycles. The molecule has 0 saturated carbocycles. The van der Waals surface area contributed by atoms with Crippen LogP contribution in [0.5, 0.6) is 0 Å². The van der Waals surface area contributed by atoms with Gasteiger partial charge in [-0.3, -0.25) is 4.90 Å². The molecule has 0 amide bonds. The molecule has 118 valence electrons. The molecule has 0 spiro atoms. The second-order valence-corrected chi connectivity index (χ2v) is 6.79. The van der Waals surface area contributed by atoms with Crippen LogP contribution in [0.15, 0.2) is 28.7 Å². The number of rotatable bonds is 6. The number of morpholine rings is 1. The number of nitrogens with one attached hydrogen (secondary N) is 1. The first-order valence-electron chi connectivity index (χ1n) is 7.95. The summed E-state index contributed by atoms with van der Waals surface area (Å²) in [7, 11) is 0. The Kier molecular flexibility index (Phi) is 6.68. The summed E-state index contributed by atoms with van der Waals surface area (Å²) in [5.41, 5.74) is 1.36. The maximum absolute atomic E-state index is 5.81. The van der Waals surface area contributed by atoms with Crippen molar-refractivity contribution in [2.75, 3.05) is 26.2 Å². The van der Waals surface area contributed by atoms with Gasteiger partial charge in [0.15, 0.2) is 0 Å². The van der Waals surface area contributed by atoms with Crippen molar-refractivity contribution >= 4 is 15.9 Å². The first kappa shape index (κ1) is 16.9. The largest absolute Gasteiger partial charge is 0.373 e. The maximum Gasteiger partial charge on any atom is 0.0678 e. The summed E-state index contributed by atoms with van der Waals surface area (Å²) in [5.74, 6) is 0. The molecule has 1 aliphatic heterocycles. The average molecular weight is 355 g/mol. The molecule has 1 aliphatic rings. The third-order valence-electron chi connectivity index (χ3n) is 3.96. The molecule has 0 aliphatic carbocycles. The van der Waals surface area contributed by atoms with Crippen molar-refractivity contribution in [3.63, 3.8) is 0 Å².